The van der Waals surface area contributed by atoms with Crippen LogP contribution < -0.4 is 10.5 Å². The van der Waals surface area contributed by atoms with E-state index in [4.69, 9.17) is 10.5 Å². The van der Waals surface area contributed by atoms with Crippen molar-refractivity contribution in [3.63, 3.8) is 0 Å². The number of nitrogens with two attached hydrogens (primary N) is 1. The highest BCUT2D eigenvalue weighted by Crippen LogP contribution is 2.18. The molecule has 0 radical (unpaired) electrons. The van der Waals surface area contributed by atoms with Crippen molar-refractivity contribution in [1.82, 2.24) is 9.97 Å². The summed E-state index contributed by atoms with van der Waals surface area (Å²) in [5.41, 5.74) is 7.84. The van der Waals surface area contributed by atoms with E-state index < -0.39 is 0 Å². The van der Waals surface area contributed by atoms with Crippen molar-refractivity contribution in [2.75, 3.05) is 12.8 Å². The van der Waals surface area contributed by atoms with Crippen LogP contribution in [0.4, 0.5) is 5.82 Å². The van der Waals surface area contributed by atoms with E-state index in [1.54, 1.807) is 45.2 Å². The Hall–Kier alpha value is -2.43. The second-order valence-electron chi connectivity index (χ2n) is 4.19. The van der Waals surface area contributed by atoms with Crippen LogP contribution in [0.5, 0.6) is 5.75 Å². The molecule has 2 aromatic rings. The molecule has 5 heteroatoms. The molecule has 0 fully saturated rings. The topological polar surface area (TPSA) is 78.1 Å². The van der Waals surface area contributed by atoms with Gasteiger partial charge in [-0.1, -0.05) is 12.1 Å². The number of rotatable bonds is 3. The zero-order valence-electron chi connectivity index (χ0n) is 11.1. The lowest BCUT2D eigenvalue weighted by molar-refractivity contribution is 0.103. The van der Waals surface area contributed by atoms with Crippen LogP contribution in [0.3, 0.4) is 0 Å². The molecule has 2 N–H and O–H groups in total. The maximum Gasteiger partial charge on any atom is 0.215 e. The maximum absolute atomic E-state index is 12.4. The van der Waals surface area contributed by atoms with E-state index in [-0.39, 0.29) is 17.3 Å². The SMILES string of the molecule is COc1cccc(C(=O)c2nc(C)c(C)nc2N)c1. The Balaban J connectivity index is 2.46. The van der Waals surface area contributed by atoms with Crippen molar-refractivity contribution in [3.8, 4) is 5.75 Å². The molecular formula is C14H15N3O2. The molecule has 1 aromatic carbocycles. The molecule has 0 saturated carbocycles. The molecule has 5 nitrogen and oxygen atoms in total. The monoisotopic (exact) mass is 257 g/mol. The standard InChI is InChI=1S/C14H15N3O2/c1-8-9(2)17-14(15)12(16-8)13(18)10-5-4-6-11(7-10)19-3/h4-7H,1-3H3,(H2,15,17). The average molecular weight is 257 g/mol. The number of carbonyl (C=O) groups excluding carboxylic acids is 1. The lowest BCUT2D eigenvalue weighted by Gasteiger charge is -2.07. The number of hydrogen-bond donors (Lipinski definition) is 1. The number of nitrogen functional groups attached to an aromatic ring is 1. The molecule has 0 bridgehead atoms. The van der Waals surface area contributed by atoms with Crippen LogP contribution in [0, 0.1) is 13.8 Å². The first-order chi connectivity index (χ1) is 9.02. The highest BCUT2D eigenvalue weighted by atomic mass is 16.5. The minimum Gasteiger partial charge on any atom is -0.497 e. The van der Waals surface area contributed by atoms with Crippen molar-refractivity contribution in [2.45, 2.75) is 13.8 Å². The van der Waals surface area contributed by atoms with E-state index in [9.17, 15) is 4.79 Å². The van der Waals surface area contributed by atoms with E-state index in [1.807, 2.05) is 0 Å². The smallest absolute Gasteiger partial charge is 0.215 e. The van der Waals surface area contributed by atoms with E-state index in [2.05, 4.69) is 9.97 Å². The Morgan fingerprint density at radius 1 is 1.21 bits per heavy atom. The summed E-state index contributed by atoms with van der Waals surface area (Å²) in [6.45, 7) is 3.60. The van der Waals surface area contributed by atoms with Gasteiger partial charge in [0.15, 0.2) is 11.5 Å². The fraction of sp³-hybridized carbons (Fsp3) is 0.214. The van der Waals surface area contributed by atoms with Gasteiger partial charge < -0.3 is 10.5 Å². The van der Waals surface area contributed by atoms with Crippen molar-refractivity contribution in [1.29, 1.82) is 0 Å². The van der Waals surface area contributed by atoms with E-state index >= 15 is 0 Å². The van der Waals surface area contributed by atoms with Crippen LogP contribution >= 0.6 is 0 Å². The van der Waals surface area contributed by atoms with E-state index in [1.165, 1.54) is 0 Å². The molecule has 0 unspecified atom stereocenters. The summed E-state index contributed by atoms with van der Waals surface area (Å²) in [4.78, 5) is 20.7. The summed E-state index contributed by atoms with van der Waals surface area (Å²) in [5, 5.41) is 0. The van der Waals surface area contributed by atoms with Crippen LogP contribution in [0.2, 0.25) is 0 Å². The number of hydrogen-bond acceptors (Lipinski definition) is 5. The lowest BCUT2D eigenvalue weighted by Crippen LogP contribution is -2.12. The lowest BCUT2D eigenvalue weighted by atomic mass is 10.1. The zero-order chi connectivity index (χ0) is 14.0. The van der Waals surface area contributed by atoms with Gasteiger partial charge in [-0.25, -0.2) is 9.97 Å². The molecule has 98 valence electrons. The maximum atomic E-state index is 12.4. The summed E-state index contributed by atoms with van der Waals surface area (Å²) >= 11 is 0. The Morgan fingerprint density at radius 3 is 2.58 bits per heavy atom. The Labute approximate surface area is 111 Å². The molecule has 2 rings (SSSR count). The van der Waals surface area contributed by atoms with Gasteiger partial charge in [0.05, 0.1) is 18.5 Å². The highest BCUT2D eigenvalue weighted by Gasteiger charge is 2.17. The number of aryl methyl sites for hydroxylation is 2. The molecule has 0 aliphatic carbocycles. The summed E-state index contributed by atoms with van der Waals surface area (Å²) in [5.74, 6) is 0.504. The van der Waals surface area contributed by atoms with Gasteiger partial charge in [-0.15, -0.1) is 0 Å². The van der Waals surface area contributed by atoms with Crippen molar-refractivity contribution in [3.05, 3.63) is 46.9 Å². The van der Waals surface area contributed by atoms with E-state index in [0.717, 1.165) is 5.69 Å². The van der Waals surface area contributed by atoms with Gasteiger partial charge in [0.25, 0.3) is 0 Å². The van der Waals surface area contributed by atoms with Crippen LogP contribution in [-0.2, 0) is 0 Å². The minimum atomic E-state index is -0.257. The Kier molecular flexibility index (Phi) is 3.46. The number of anilines is 1. The fourth-order valence-corrected chi connectivity index (χ4v) is 1.69. The summed E-state index contributed by atoms with van der Waals surface area (Å²) in [7, 11) is 1.55. The van der Waals surface area contributed by atoms with Gasteiger partial charge >= 0.3 is 0 Å². The summed E-state index contributed by atoms with van der Waals surface area (Å²) in [6, 6.07) is 6.86. The average Bonchev–Trinajstić information content (AvgIpc) is 2.42. The van der Waals surface area contributed by atoms with Gasteiger partial charge in [-0.2, -0.15) is 0 Å². The van der Waals surface area contributed by atoms with Gasteiger partial charge in [-0.05, 0) is 26.0 Å². The molecular weight excluding hydrogens is 242 g/mol. The van der Waals surface area contributed by atoms with Gasteiger partial charge in [0.2, 0.25) is 5.78 Å². The van der Waals surface area contributed by atoms with Gasteiger partial charge in [0.1, 0.15) is 5.75 Å². The quantitative estimate of drug-likeness (QED) is 0.850. The number of aromatic nitrogens is 2. The molecule has 0 aliphatic heterocycles. The van der Waals surface area contributed by atoms with Crippen LogP contribution in [0.15, 0.2) is 24.3 Å². The number of benzene rings is 1. The number of nitrogens with zero attached hydrogens (tertiary/aromatic N) is 2. The number of methoxy groups -OCH3 is 1. The van der Waals surface area contributed by atoms with Crippen molar-refractivity contribution < 1.29 is 9.53 Å². The molecule has 0 aliphatic rings. The molecule has 0 amide bonds. The first-order valence-corrected chi connectivity index (χ1v) is 5.82. The molecule has 19 heavy (non-hydrogen) atoms. The number of carbonyl (C=O) groups is 1. The third kappa shape index (κ3) is 2.54. The van der Waals surface area contributed by atoms with Gasteiger partial charge in [-0.3, -0.25) is 4.79 Å². The van der Waals surface area contributed by atoms with Crippen molar-refractivity contribution >= 4 is 11.6 Å². The summed E-state index contributed by atoms with van der Waals surface area (Å²) < 4.78 is 5.09. The third-order valence-corrected chi connectivity index (χ3v) is 2.88. The van der Waals surface area contributed by atoms with E-state index in [0.29, 0.717) is 17.0 Å². The Morgan fingerprint density at radius 2 is 1.89 bits per heavy atom. The Bertz CT molecular complexity index is 639. The highest BCUT2D eigenvalue weighted by molar-refractivity contribution is 6.10. The van der Waals surface area contributed by atoms with Crippen molar-refractivity contribution in [2.24, 2.45) is 0 Å². The van der Waals surface area contributed by atoms with Crippen LogP contribution in [0.1, 0.15) is 27.4 Å². The normalized spacial score (nSPS) is 10.3. The van der Waals surface area contributed by atoms with Crippen LogP contribution in [0.25, 0.3) is 0 Å². The molecule has 0 saturated heterocycles. The largest absolute Gasteiger partial charge is 0.497 e. The number of ether oxygens (including phenoxy) is 1. The van der Waals surface area contributed by atoms with Crippen LogP contribution in [-0.4, -0.2) is 22.9 Å². The molecule has 1 aromatic heterocycles. The first-order valence-electron chi connectivity index (χ1n) is 5.82. The minimum absolute atomic E-state index is 0.149. The molecule has 1 heterocycles. The van der Waals surface area contributed by atoms with Gasteiger partial charge in [0, 0.05) is 5.56 Å². The zero-order valence-corrected chi connectivity index (χ0v) is 11.1. The second-order valence-corrected chi connectivity index (χ2v) is 4.19. The number of ketones is 1. The first kappa shape index (κ1) is 13.0. The summed E-state index contributed by atoms with van der Waals surface area (Å²) in [6.07, 6.45) is 0. The fourth-order valence-electron chi connectivity index (χ4n) is 1.69. The second kappa shape index (κ2) is 5.06. The predicted molar refractivity (Wildman–Crippen MR) is 72.3 cm³/mol. The molecule has 0 spiro atoms. The molecule has 0 atom stereocenters. The predicted octanol–water partition coefficient (Wildman–Crippen LogP) is 1.92. The third-order valence-electron chi connectivity index (χ3n) is 2.88.